The van der Waals surface area contributed by atoms with Crippen LogP contribution in [-0.2, 0) is 21.7 Å². The molecule has 5 nitrogen and oxygen atoms in total. The van der Waals surface area contributed by atoms with E-state index in [0.717, 1.165) is 45.1 Å². The second-order valence-corrected chi connectivity index (χ2v) is 15.6. The van der Waals surface area contributed by atoms with Gasteiger partial charge in [0.05, 0.1) is 11.4 Å². The van der Waals surface area contributed by atoms with Crippen molar-refractivity contribution in [1.82, 2.24) is 9.97 Å². The number of pyridine rings is 2. The molecule has 0 amide bonds. The normalized spacial score (nSPS) is 20.0. The largest absolute Gasteiger partial charge is 0.483 e. The van der Waals surface area contributed by atoms with E-state index in [1.165, 1.54) is 0 Å². The summed E-state index contributed by atoms with van der Waals surface area (Å²) in [5.74, 6) is 1.74. The SMILES string of the molecule is CC(C)(C)c1cc(C(=O)c2cc(C(C)(C)C)c3c(c2)C(C)(C)C(c2ccccn2)O3)cc2c1OC(c1ccccn1)C2(C)C. The third-order valence-electron chi connectivity index (χ3n) is 9.40. The first-order chi connectivity index (χ1) is 20.5. The molecule has 5 heteroatoms. The molecule has 2 unspecified atom stereocenters. The molecule has 4 heterocycles. The van der Waals surface area contributed by atoms with Crippen LogP contribution in [-0.4, -0.2) is 15.8 Å². The van der Waals surface area contributed by atoms with Gasteiger partial charge in [0.2, 0.25) is 0 Å². The van der Waals surface area contributed by atoms with E-state index in [1.54, 1.807) is 0 Å². The highest BCUT2D eigenvalue weighted by Gasteiger charge is 2.48. The van der Waals surface area contributed by atoms with Crippen LogP contribution in [0.2, 0.25) is 0 Å². The van der Waals surface area contributed by atoms with Crippen LogP contribution in [0.25, 0.3) is 0 Å². The van der Waals surface area contributed by atoms with Gasteiger partial charge in [-0.1, -0.05) is 81.4 Å². The number of carbonyl (C=O) groups is 1. The molecule has 0 saturated carbocycles. The van der Waals surface area contributed by atoms with Crippen molar-refractivity contribution in [2.75, 3.05) is 0 Å². The van der Waals surface area contributed by atoms with Crippen molar-refractivity contribution in [1.29, 1.82) is 0 Å². The average Bonchev–Trinajstić information content (AvgIpc) is 3.40. The van der Waals surface area contributed by atoms with E-state index >= 15 is 0 Å². The summed E-state index contributed by atoms with van der Waals surface area (Å²) in [5.41, 5.74) is 6.00. The van der Waals surface area contributed by atoms with E-state index in [2.05, 4.69) is 91.3 Å². The minimum atomic E-state index is -0.389. The van der Waals surface area contributed by atoms with Crippen LogP contribution in [0, 0.1) is 0 Å². The van der Waals surface area contributed by atoms with Crippen LogP contribution in [0.4, 0.5) is 0 Å². The van der Waals surface area contributed by atoms with Crippen molar-refractivity contribution in [3.63, 3.8) is 0 Å². The van der Waals surface area contributed by atoms with Gasteiger partial charge >= 0.3 is 0 Å². The molecule has 44 heavy (non-hydrogen) atoms. The van der Waals surface area contributed by atoms with Crippen LogP contribution in [0.5, 0.6) is 11.5 Å². The first kappa shape index (κ1) is 30.1. The summed E-state index contributed by atoms with van der Waals surface area (Å²) in [5, 5.41) is 0. The summed E-state index contributed by atoms with van der Waals surface area (Å²) in [6.07, 6.45) is 3.11. The Kier molecular flexibility index (Phi) is 6.84. The fraction of sp³-hybridized carbons (Fsp3) is 0.410. The molecule has 0 fully saturated rings. The van der Waals surface area contributed by atoms with Crippen molar-refractivity contribution < 1.29 is 14.3 Å². The van der Waals surface area contributed by atoms with Gasteiger partial charge in [0.1, 0.15) is 23.7 Å². The lowest BCUT2D eigenvalue weighted by atomic mass is 9.74. The maximum absolute atomic E-state index is 14.6. The molecule has 2 aromatic carbocycles. The van der Waals surface area contributed by atoms with Gasteiger partial charge in [-0.2, -0.15) is 0 Å². The lowest BCUT2D eigenvalue weighted by Crippen LogP contribution is -2.25. The van der Waals surface area contributed by atoms with Gasteiger partial charge in [-0.25, -0.2) is 0 Å². The van der Waals surface area contributed by atoms with Gasteiger partial charge in [0.25, 0.3) is 0 Å². The second kappa shape index (κ2) is 10.0. The first-order valence-corrected chi connectivity index (χ1v) is 15.6. The third kappa shape index (κ3) is 4.81. The standard InChI is InChI=1S/C39H44N2O3/c1-36(2,3)25-19-23(21-27-32(25)43-34(38(27,7)8)29-15-11-13-17-40-29)31(42)24-20-26(37(4,5)6)33-28(22-24)39(9,10)35(44-33)30-16-12-14-18-41-30/h11-22,34-35H,1-10H3. The van der Waals surface area contributed by atoms with E-state index < -0.39 is 0 Å². The van der Waals surface area contributed by atoms with E-state index in [9.17, 15) is 4.79 Å². The summed E-state index contributed by atoms with van der Waals surface area (Å²) >= 11 is 0. The molecular weight excluding hydrogens is 544 g/mol. The van der Waals surface area contributed by atoms with Gasteiger partial charge in [0, 0.05) is 56.6 Å². The summed E-state index contributed by atoms with van der Waals surface area (Å²) in [6, 6.07) is 20.1. The molecule has 2 atom stereocenters. The molecule has 2 aromatic heterocycles. The number of rotatable bonds is 4. The Morgan fingerprint density at radius 3 is 1.34 bits per heavy atom. The Morgan fingerprint density at radius 2 is 1.02 bits per heavy atom. The zero-order valence-electron chi connectivity index (χ0n) is 27.7. The van der Waals surface area contributed by atoms with Crippen LogP contribution in [0.1, 0.15) is 131 Å². The number of benzene rings is 2. The van der Waals surface area contributed by atoms with Crippen molar-refractivity contribution in [3.8, 4) is 11.5 Å². The van der Waals surface area contributed by atoms with Crippen molar-refractivity contribution >= 4 is 5.78 Å². The van der Waals surface area contributed by atoms with Crippen molar-refractivity contribution in [2.24, 2.45) is 0 Å². The number of ether oxygens (including phenoxy) is 2. The summed E-state index contributed by atoms with van der Waals surface area (Å²) in [7, 11) is 0. The predicted molar refractivity (Wildman–Crippen MR) is 175 cm³/mol. The van der Waals surface area contributed by atoms with Crippen LogP contribution >= 0.6 is 0 Å². The molecule has 6 rings (SSSR count). The van der Waals surface area contributed by atoms with Gasteiger partial charge in [-0.05, 0) is 59.4 Å². The number of aromatic nitrogens is 2. The lowest BCUT2D eigenvalue weighted by molar-refractivity contribution is 0.103. The third-order valence-corrected chi connectivity index (χ3v) is 9.40. The molecule has 0 radical (unpaired) electrons. The number of carbonyl (C=O) groups excluding carboxylic acids is 1. The Bertz CT molecular complexity index is 1610. The van der Waals surface area contributed by atoms with E-state index in [0.29, 0.717) is 11.1 Å². The zero-order chi connectivity index (χ0) is 31.8. The summed E-state index contributed by atoms with van der Waals surface area (Å²) in [6.45, 7) is 21.8. The monoisotopic (exact) mass is 588 g/mol. The lowest BCUT2D eigenvalue weighted by Gasteiger charge is -2.26. The highest BCUT2D eigenvalue weighted by atomic mass is 16.5. The van der Waals surface area contributed by atoms with Gasteiger partial charge in [-0.15, -0.1) is 0 Å². The molecule has 0 aliphatic carbocycles. The summed E-state index contributed by atoms with van der Waals surface area (Å²) in [4.78, 5) is 23.9. The fourth-order valence-electron chi connectivity index (χ4n) is 6.75. The maximum atomic E-state index is 14.6. The Morgan fingerprint density at radius 1 is 0.636 bits per heavy atom. The Labute approximate surface area is 262 Å². The van der Waals surface area contributed by atoms with E-state index in [-0.39, 0.29) is 39.7 Å². The number of hydrogen-bond donors (Lipinski definition) is 0. The molecule has 228 valence electrons. The molecule has 2 aliphatic rings. The first-order valence-electron chi connectivity index (χ1n) is 15.6. The minimum Gasteiger partial charge on any atom is -0.483 e. The van der Waals surface area contributed by atoms with Gasteiger partial charge < -0.3 is 9.47 Å². The molecule has 2 aliphatic heterocycles. The molecular formula is C39H44N2O3. The number of fused-ring (bicyclic) bond motifs is 2. The van der Waals surface area contributed by atoms with Gasteiger partial charge in [-0.3, -0.25) is 14.8 Å². The van der Waals surface area contributed by atoms with E-state index in [1.807, 2.05) is 60.9 Å². The van der Waals surface area contributed by atoms with Crippen LogP contribution in [0.15, 0.2) is 73.1 Å². The van der Waals surface area contributed by atoms with Crippen molar-refractivity contribution in [3.05, 3.63) is 118 Å². The number of ketones is 1. The molecule has 0 saturated heterocycles. The van der Waals surface area contributed by atoms with Crippen LogP contribution in [0.3, 0.4) is 0 Å². The Balaban J connectivity index is 1.49. The molecule has 4 aromatic rings. The van der Waals surface area contributed by atoms with E-state index in [4.69, 9.17) is 9.47 Å². The van der Waals surface area contributed by atoms with Crippen LogP contribution < -0.4 is 9.47 Å². The molecule has 0 spiro atoms. The maximum Gasteiger partial charge on any atom is 0.193 e. The Hall–Kier alpha value is -3.99. The highest BCUT2D eigenvalue weighted by Crippen LogP contribution is 2.55. The highest BCUT2D eigenvalue weighted by molar-refractivity contribution is 6.10. The number of nitrogens with zero attached hydrogens (tertiary/aromatic N) is 2. The fourth-order valence-corrected chi connectivity index (χ4v) is 6.75. The quantitative estimate of drug-likeness (QED) is 0.223. The summed E-state index contributed by atoms with van der Waals surface area (Å²) < 4.78 is 13.4. The number of hydrogen-bond acceptors (Lipinski definition) is 5. The predicted octanol–water partition coefficient (Wildman–Crippen LogP) is 9.13. The molecule has 0 bridgehead atoms. The molecule has 0 N–H and O–H groups in total. The van der Waals surface area contributed by atoms with Crippen molar-refractivity contribution in [2.45, 2.75) is 103 Å². The minimum absolute atomic E-state index is 0.000715. The average molecular weight is 589 g/mol. The smallest absolute Gasteiger partial charge is 0.193 e. The second-order valence-electron chi connectivity index (χ2n) is 15.6. The zero-order valence-corrected chi connectivity index (χ0v) is 27.7. The van der Waals surface area contributed by atoms with Gasteiger partial charge in [0.15, 0.2) is 5.78 Å². The topological polar surface area (TPSA) is 61.3 Å².